The van der Waals surface area contributed by atoms with Crippen molar-refractivity contribution >= 4 is 5.97 Å². The molecule has 1 unspecified atom stereocenters. The first-order valence-electron chi connectivity index (χ1n) is 9.63. The molecule has 0 spiro atoms. The Bertz CT molecular complexity index is 849. The maximum Gasteiger partial charge on any atom is 0.335 e. The molecule has 3 aromatic rings. The topological polar surface area (TPSA) is 37.3 Å². The average molecular weight is 358 g/mol. The fourth-order valence-electron chi connectivity index (χ4n) is 3.43. The molecule has 0 radical (unpaired) electrons. The molecule has 138 valence electrons. The second-order valence-electron chi connectivity index (χ2n) is 7.01. The number of benzene rings is 3. The molecule has 3 aromatic carbocycles. The van der Waals surface area contributed by atoms with Crippen LogP contribution in [0.4, 0.5) is 0 Å². The van der Waals surface area contributed by atoms with Crippen LogP contribution in [0.5, 0.6) is 0 Å². The Morgan fingerprint density at radius 1 is 0.815 bits per heavy atom. The van der Waals surface area contributed by atoms with E-state index in [0.29, 0.717) is 5.56 Å². The minimum absolute atomic E-state index is 0.204. The molecule has 1 N–H and O–H groups in total. The van der Waals surface area contributed by atoms with Crippen LogP contribution in [-0.4, -0.2) is 11.1 Å². The lowest BCUT2D eigenvalue weighted by atomic mass is 9.85. The number of carboxylic acids is 1. The minimum Gasteiger partial charge on any atom is -0.478 e. The molecule has 3 rings (SSSR count). The van der Waals surface area contributed by atoms with Gasteiger partial charge in [0.1, 0.15) is 0 Å². The Labute approximate surface area is 161 Å². The zero-order valence-electron chi connectivity index (χ0n) is 15.8. The predicted octanol–water partition coefficient (Wildman–Crippen LogP) is 6.10. The number of rotatable bonds is 8. The summed E-state index contributed by atoms with van der Waals surface area (Å²) in [6.45, 7) is 2.21. The molecular weight excluding hydrogens is 332 g/mol. The Morgan fingerprint density at radius 3 is 1.96 bits per heavy atom. The maximum atomic E-state index is 11.2. The van der Waals surface area contributed by atoms with Gasteiger partial charge in [0.05, 0.1) is 5.56 Å². The second-order valence-corrected chi connectivity index (χ2v) is 7.01. The Kier molecular flexibility index (Phi) is 6.43. The van der Waals surface area contributed by atoms with E-state index in [2.05, 4.69) is 55.5 Å². The van der Waals surface area contributed by atoms with E-state index in [0.717, 1.165) is 18.4 Å². The number of aryl methyl sites for hydroxylation is 1. The van der Waals surface area contributed by atoms with Crippen molar-refractivity contribution in [3.05, 3.63) is 107 Å². The third kappa shape index (κ3) is 5.07. The zero-order chi connectivity index (χ0) is 19.1. The molecule has 1 atom stereocenters. The van der Waals surface area contributed by atoms with Crippen molar-refractivity contribution in [1.29, 1.82) is 0 Å². The Balaban J connectivity index is 1.90. The molecule has 0 aliphatic carbocycles. The third-order valence-corrected chi connectivity index (χ3v) is 5.04. The summed E-state index contributed by atoms with van der Waals surface area (Å²) in [7, 11) is 0. The molecule has 27 heavy (non-hydrogen) atoms. The highest BCUT2D eigenvalue weighted by atomic mass is 16.4. The summed E-state index contributed by atoms with van der Waals surface area (Å²) < 4.78 is 0. The van der Waals surface area contributed by atoms with Crippen LogP contribution in [-0.2, 0) is 12.8 Å². The maximum absolute atomic E-state index is 11.2. The lowest BCUT2D eigenvalue weighted by Gasteiger charge is -2.19. The van der Waals surface area contributed by atoms with E-state index >= 15 is 0 Å². The van der Waals surface area contributed by atoms with Crippen LogP contribution in [0.15, 0.2) is 78.9 Å². The van der Waals surface area contributed by atoms with E-state index < -0.39 is 5.97 Å². The summed E-state index contributed by atoms with van der Waals surface area (Å²) in [4.78, 5) is 11.2. The quantitative estimate of drug-likeness (QED) is 0.528. The first-order chi connectivity index (χ1) is 13.2. The lowest BCUT2D eigenvalue weighted by molar-refractivity contribution is 0.0697. The van der Waals surface area contributed by atoms with E-state index in [-0.39, 0.29) is 5.92 Å². The monoisotopic (exact) mass is 358 g/mol. The number of aromatic carboxylic acids is 1. The van der Waals surface area contributed by atoms with Gasteiger partial charge in [0, 0.05) is 5.92 Å². The van der Waals surface area contributed by atoms with Crippen LogP contribution in [0.3, 0.4) is 0 Å². The molecule has 2 heteroatoms. The van der Waals surface area contributed by atoms with Gasteiger partial charge >= 0.3 is 5.97 Å². The van der Waals surface area contributed by atoms with Gasteiger partial charge in [-0.1, -0.05) is 80.1 Å². The third-order valence-electron chi connectivity index (χ3n) is 5.04. The highest BCUT2D eigenvalue weighted by Gasteiger charge is 2.16. The largest absolute Gasteiger partial charge is 0.478 e. The first kappa shape index (κ1) is 18.9. The van der Waals surface area contributed by atoms with Crippen molar-refractivity contribution in [2.45, 2.75) is 38.5 Å². The van der Waals surface area contributed by atoms with Crippen LogP contribution in [0.25, 0.3) is 0 Å². The molecule has 0 fully saturated rings. The summed E-state index contributed by atoms with van der Waals surface area (Å²) >= 11 is 0. The van der Waals surface area contributed by atoms with Gasteiger partial charge in [0.25, 0.3) is 0 Å². The van der Waals surface area contributed by atoms with Gasteiger partial charge in [-0.15, -0.1) is 0 Å². The van der Waals surface area contributed by atoms with Gasteiger partial charge in [-0.05, 0) is 53.6 Å². The van der Waals surface area contributed by atoms with Crippen LogP contribution in [0.1, 0.15) is 58.3 Å². The van der Waals surface area contributed by atoms with Gasteiger partial charge in [-0.25, -0.2) is 4.79 Å². The van der Waals surface area contributed by atoms with Gasteiger partial charge in [-0.3, -0.25) is 0 Å². The van der Waals surface area contributed by atoms with Gasteiger partial charge in [0.2, 0.25) is 0 Å². The summed E-state index contributed by atoms with van der Waals surface area (Å²) in [5, 5.41) is 9.17. The van der Waals surface area contributed by atoms with E-state index in [1.54, 1.807) is 12.1 Å². The van der Waals surface area contributed by atoms with Crippen molar-refractivity contribution in [3.8, 4) is 0 Å². The first-order valence-corrected chi connectivity index (χ1v) is 9.63. The van der Waals surface area contributed by atoms with E-state index in [1.165, 1.54) is 29.5 Å². The standard InChI is InChI=1S/C25H26O2/c1-2-3-7-19-10-12-21(13-11-19)24(18-20-8-5-4-6-9-20)22-14-16-23(17-15-22)25(26)27/h4-6,8-17,24H,2-3,7,18H2,1H3,(H,26,27). The molecule has 0 bridgehead atoms. The van der Waals surface area contributed by atoms with Gasteiger partial charge in [0.15, 0.2) is 0 Å². The Morgan fingerprint density at radius 2 is 1.41 bits per heavy atom. The van der Waals surface area contributed by atoms with Crippen molar-refractivity contribution in [3.63, 3.8) is 0 Å². The highest BCUT2D eigenvalue weighted by Crippen LogP contribution is 2.29. The highest BCUT2D eigenvalue weighted by molar-refractivity contribution is 5.87. The molecule has 0 aliphatic heterocycles. The molecule has 0 saturated carbocycles. The van der Waals surface area contributed by atoms with E-state index in [4.69, 9.17) is 5.11 Å². The molecule has 2 nitrogen and oxygen atoms in total. The number of unbranched alkanes of at least 4 members (excludes halogenated alkanes) is 1. The Hall–Kier alpha value is -2.87. The van der Waals surface area contributed by atoms with Gasteiger partial charge in [-0.2, -0.15) is 0 Å². The second kappa shape index (κ2) is 9.18. The predicted molar refractivity (Wildman–Crippen MR) is 110 cm³/mol. The van der Waals surface area contributed by atoms with E-state index in [1.807, 2.05) is 18.2 Å². The van der Waals surface area contributed by atoms with Crippen molar-refractivity contribution < 1.29 is 9.90 Å². The molecule has 0 amide bonds. The normalized spacial score (nSPS) is 11.9. The van der Waals surface area contributed by atoms with Crippen molar-refractivity contribution in [1.82, 2.24) is 0 Å². The van der Waals surface area contributed by atoms with Crippen LogP contribution >= 0.6 is 0 Å². The summed E-state index contributed by atoms with van der Waals surface area (Å²) in [6.07, 6.45) is 4.42. The number of hydrogen-bond acceptors (Lipinski definition) is 1. The molecule has 0 aromatic heterocycles. The van der Waals surface area contributed by atoms with Crippen molar-refractivity contribution in [2.24, 2.45) is 0 Å². The molecule has 0 aliphatic rings. The zero-order valence-corrected chi connectivity index (χ0v) is 15.8. The molecule has 0 heterocycles. The summed E-state index contributed by atoms with van der Waals surface area (Å²) in [5.41, 5.74) is 5.39. The van der Waals surface area contributed by atoms with Crippen LogP contribution in [0.2, 0.25) is 0 Å². The lowest BCUT2D eigenvalue weighted by Crippen LogP contribution is -2.06. The number of hydrogen-bond donors (Lipinski definition) is 1. The minimum atomic E-state index is -0.888. The number of carboxylic acid groups (broad SMARTS) is 1. The van der Waals surface area contributed by atoms with Crippen LogP contribution < -0.4 is 0 Å². The molecule has 0 saturated heterocycles. The van der Waals surface area contributed by atoms with Crippen molar-refractivity contribution in [2.75, 3.05) is 0 Å². The molecular formula is C25H26O2. The van der Waals surface area contributed by atoms with Crippen LogP contribution in [0, 0.1) is 0 Å². The fraction of sp³-hybridized carbons (Fsp3) is 0.240. The fourth-order valence-corrected chi connectivity index (χ4v) is 3.43. The van der Waals surface area contributed by atoms with Gasteiger partial charge < -0.3 is 5.11 Å². The number of carbonyl (C=O) groups is 1. The SMILES string of the molecule is CCCCc1ccc(C(Cc2ccccc2)c2ccc(C(=O)O)cc2)cc1. The summed E-state index contributed by atoms with van der Waals surface area (Å²) in [5.74, 6) is -0.683. The summed E-state index contributed by atoms with van der Waals surface area (Å²) in [6, 6.07) is 26.7. The van der Waals surface area contributed by atoms with E-state index in [9.17, 15) is 4.79 Å². The smallest absolute Gasteiger partial charge is 0.335 e. The average Bonchev–Trinajstić information content (AvgIpc) is 2.72.